The van der Waals surface area contributed by atoms with Gasteiger partial charge in [0.25, 0.3) is 0 Å². The molecule has 94 valence electrons. The highest BCUT2D eigenvalue weighted by molar-refractivity contribution is 9.10. The molecule has 7 nitrogen and oxygen atoms in total. The third-order valence-electron chi connectivity index (χ3n) is 2.28. The van der Waals surface area contributed by atoms with Gasteiger partial charge >= 0.3 is 10.7 Å². The fourth-order valence-electron chi connectivity index (χ4n) is 1.45. The first kappa shape index (κ1) is 12.5. The molecular weight excluding hydrogens is 304 g/mol. The lowest BCUT2D eigenvalue weighted by Gasteiger charge is -2.02. The number of nitrogens with zero attached hydrogens (tertiary/aromatic N) is 4. The van der Waals surface area contributed by atoms with Crippen LogP contribution in [0.5, 0.6) is 5.75 Å². The second-order valence-corrected chi connectivity index (χ2v) is 4.15. The van der Waals surface area contributed by atoms with E-state index in [1.807, 2.05) is 12.1 Å². The minimum absolute atomic E-state index is 0.197. The van der Waals surface area contributed by atoms with Gasteiger partial charge in [-0.3, -0.25) is 0 Å². The van der Waals surface area contributed by atoms with Crippen molar-refractivity contribution < 1.29 is 9.66 Å². The highest BCUT2D eigenvalue weighted by Crippen LogP contribution is 2.16. The average Bonchev–Trinajstić information content (AvgIpc) is 2.71. The van der Waals surface area contributed by atoms with Crippen LogP contribution in [0.15, 0.2) is 29.0 Å². The molecule has 8 heteroatoms. The number of ether oxygens (including phenoxy) is 1. The molecule has 0 radical (unpaired) electrons. The first-order chi connectivity index (χ1) is 8.60. The molecule has 1 aromatic heterocycles. The van der Waals surface area contributed by atoms with E-state index in [-0.39, 0.29) is 17.2 Å². The molecule has 0 N–H and O–H groups in total. The molecule has 0 saturated carbocycles. The van der Waals surface area contributed by atoms with Crippen molar-refractivity contribution in [3.8, 4) is 5.75 Å². The van der Waals surface area contributed by atoms with Crippen LogP contribution in [0.1, 0.15) is 5.56 Å². The monoisotopic (exact) mass is 312 g/mol. The zero-order chi connectivity index (χ0) is 13.1. The molecule has 18 heavy (non-hydrogen) atoms. The molecule has 0 amide bonds. The van der Waals surface area contributed by atoms with Crippen molar-refractivity contribution >= 4 is 21.9 Å². The van der Waals surface area contributed by atoms with Crippen LogP contribution in [0.25, 0.3) is 0 Å². The van der Waals surface area contributed by atoms with E-state index in [0.29, 0.717) is 0 Å². The Hall–Kier alpha value is -1.96. The molecule has 0 aliphatic rings. The normalized spacial score (nSPS) is 10.3. The summed E-state index contributed by atoms with van der Waals surface area (Å²) in [5.74, 6) is 0.436. The van der Waals surface area contributed by atoms with Crippen LogP contribution in [0, 0.1) is 10.1 Å². The SMILES string of the molecule is COc1ccc(Cn2nc(Br)nc2[N+](=O)[O-])cc1. The molecule has 0 bridgehead atoms. The van der Waals surface area contributed by atoms with Crippen LogP contribution in [0.4, 0.5) is 5.95 Å². The standard InChI is InChI=1S/C10H9BrN4O3/c1-18-8-4-2-7(3-5-8)6-14-10(15(16)17)12-9(11)13-14/h2-5H,6H2,1H3. The minimum Gasteiger partial charge on any atom is -0.497 e. The predicted molar refractivity (Wildman–Crippen MR) is 66.5 cm³/mol. The lowest BCUT2D eigenvalue weighted by atomic mass is 10.2. The van der Waals surface area contributed by atoms with Gasteiger partial charge in [0.2, 0.25) is 0 Å². The number of nitro groups is 1. The third kappa shape index (κ3) is 2.65. The number of benzene rings is 1. The van der Waals surface area contributed by atoms with E-state index in [9.17, 15) is 10.1 Å². The van der Waals surface area contributed by atoms with Crippen LogP contribution in [0.3, 0.4) is 0 Å². The molecule has 1 heterocycles. The Balaban J connectivity index is 2.25. The summed E-state index contributed by atoms with van der Waals surface area (Å²) in [6.45, 7) is 0.277. The van der Waals surface area contributed by atoms with Gasteiger partial charge < -0.3 is 14.9 Å². The number of rotatable bonds is 4. The Bertz CT molecular complexity index is 567. The first-order valence-electron chi connectivity index (χ1n) is 4.98. The molecule has 1 aromatic carbocycles. The van der Waals surface area contributed by atoms with Crippen molar-refractivity contribution in [1.82, 2.24) is 14.8 Å². The molecule has 0 saturated heterocycles. The van der Waals surface area contributed by atoms with Gasteiger partial charge in [-0.2, -0.15) is 0 Å². The zero-order valence-electron chi connectivity index (χ0n) is 9.41. The Kier molecular flexibility index (Phi) is 3.56. The van der Waals surface area contributed by atoms with Crippen molar-refractivity contribution in [2.75, 3.05) is 7.11 Å². The van der Waals surface area contributed by atoms with Gasteiger partial charge in [-0.25, -0.2) is 0 Å². The number of methoxy groups -OCH3 is 1. The van der Waals surface area contributed by atoms with Crippen LogP contribution in [-0.2, 0) is 6.54 Å². The van der Waals surface area contributed by atoms with Gasteiger partial charge in [0.15, 0.2) is 0 Å². The Morgan fingerprint density at radius 2 is 2.11 bits per heavy atom. The van der Waals surface area contributed by atoms with E-state index in [1.165, 1.54) is 4.68 Å². The molecule has 0 fully saturated rings. The molecule has 2 aromatic rings. The molecular formula is C10H9BrN4O3. The highest BCUT2D eigenvalue weighted by Gasteiger charge is 2.20. The van der Waals surface area contributed by atoms with Crippen molar-refractivity contribution in [1.29, 1.82) is 0 Å². The van der Waals surface area contributed by atoms with Crippen LogP contribution in [-0.4, -0.2) is 26.8 Å². The highest BCUT2D eigenvalue weighted by atomic mass is 79.9. The van der Waals surface area contributed by atoms with Gasteiger partial charge in [0, 0.05) is 15.9 Å². The zero-order valence-corrected chi connectivity index (χ0v) is 11.0. The molecule has 0 aliphatic carbocycles. The van der Waals surface area contributed by atoms with Crippen LogP contribution < -0.4 is 4.74 Å². The van der Waals surface area contributed by atoms with E-state index < -0.39 is 4.92 Å². The van der Waals surface area contributed by atoms with Gasteiger partial charge in [0.1, 0.15) is 12.3 Å². The van der Waals surface area contributed by atoms with E-state index in [2.05, 4.69) is 26.0 Å². The maximum Gasteiger partial charge on any atom is 0.457 e. The Labute approximate surface area is 111 Å². The molecule has 2 rings (SSSR count). The maximum absolute atomic E-state index is 10.8. The van der Waals surface area contributed by atoms with Crippen LogP contribution in [0.2, 0.25) is 0 Å². The summed E-state index contributed by atoms with van der Waals surface area (Å²) in [4.78, 5) is 13.9. The quantitative estimate of drug-likeness (QED) is 0.637. The molecule has 0 atom stereocenters. The number of hydrogen-bond donors (Lipinski definition) is 0. The summed E-state index contributed by atoms with van der Waals surface area (Å²) < 4.78 is 6.46. The third-order valence-corrected chi connectivity index (χ3v) is 2.62. The van der Waals surface area contributed by atoms with Gasteiger partial charge in [0.05, 0.1) is 7.11 Å². The van der Waals surface area contributed by atoms with Gasteiger partial charge in [-0.05, 0) is 27.6 Å². The Morgan fingerprint density at radius 1 is 1.44 bits per heavy atom. The molecule has 0 unspecified atom stereocenters. The lowest BCUT2D eigenvalue weighted by molar-refractivity contribution is -0.397. The van der Waals surface area contributed by atoms with Crippen molar-refractivity contribution in [3.63, 3.8) is 0 Å². The maximum atomic E-state index is 10.8. The topological polar surface area (TPSA) is 83.1 Å². The number of hydrogen-bond acceptors (Lipinski definition) is 5. The van der Waals surface area contributed by atoms with Crippen molar-refractivity contribution in [2.24, 2.45) is 0 Å². The average molecular weight is 313 g/mol. The van der Waals surface area contributed by atoms with E-state index in [1.54, 1.807) is 19.2 Å². The van der Waals surface area contributed by atoms with Crippen molar-refractivity contribution in [3.05, 3.63) is 44.7 Å². The van der Waals surface area contributed by atoms with E-state index in [0.717, 1.165) is 11.3 Å². The van der Waals surface area contributed by atoms with E-state index >= 15 is 0 Å². The van der Waals surface area contributed by atoms with E-state index in [4.69, 9.17) is 4.74 Å². The first-order valence-corrected chi connectivity index (χ1v) is 5.77. The summed E-state index contributed by atoms with van der Waals surface area (Å²) in [7, 11) is 1.58. The fourth-order valence-corrected chi connectivity index (χ4v) is 1.80. The predicted octanol–water partition coefficient (Wildman–Crippen LogP) is 2.01. The van der Waals surface area contributed by atoms with Crippen molar-refractivity contribution in [2.45, 2.75) is 6.54 Å². The summed E-state index contributed by atoms with van der Waals surface area (Å²) in [5, 5.41) is 14.7. The molecule has 0 spiro atoms. The summed E-state index contributed by atoms with van der Waals surface area (Å²) in [6, 6.07) is 7.20. The summed E-state index contributed by atoms with van der Waals surface area (Å²) in [6.07, 6.45) is 0. The van der Waals surface area contributed by atoms with Gasteiger partial charge in [-0.1, -0.05) is 17.2 Å². The number of halogens is 1. The summed E-state index contributed by atoms with van der Waals surface area (Å²) >= 11 is 3.02. The fraction of sp³-hybridized carbons (Fsp3) is 0.200. The van der Waals surface area contributed by atoms with Gasteiger partial charge in [-0.15, -0.1) is 4.68 Å². The largest absolute Gasteiger partial charge is 0.497 e. The smallest absolute Gasteiger partial charge is 0.457 e. The van der Waals surface area contributed by atoms with Crippen LogP contribution >= 0.6 is 15.9 Å². The second-order valence-electron chi connectivity index (χ2n) is 3.44. The number of aromatic nitrogens is 3. The summed E-state index contributed by atoms with van der Waals surface area (Å²) in [5.41, 5.74) is 0.872. The molecule has 0 aliphatic heterocycles. The minimum atomic E-state index is -0.568. The lowest BCUT2D eigenvalue weighted by Crippen LogP contribution is -2.06. The Morgan fingerprint density at radius 3 is 2.67 bits per heavy atom. The second kappa shape index (κ2) is 5.13.